The number of aliphatic imine (C=N–C) groups is 1. The zero-order chi connectivity index (χ0) is 30.6. The zero-order valence-corrected chi connectivity index (χ0v) is 25.6. The van der Waals surface area contributed by atoms with Gasteiger partial charge in [-0.05, 0) is 119 Å². The molecule has 3 aliphatic carbocycles. The highest BCUT2D eigenvalue weighted by Crippen LogP contribution is 2.67. The van der Waals surface area contributed by atoms with Gasteiger partial charge in [-0.1, -0.05) is 32.6 Å². The number of fused-ring (bicyclic) bond motifs is 5. The van der Waals surface area contributed by atoms with E-state index in [0.717, 1.165) is 61.2 Å². The highest BCUT2D eigenvalue weighted by Gasteiger charge is 2.59. The van der Waals surface area contributed by atoms with Gasteiger partial charge < -0.3 is 15.0 Å². The zero-order valence-electron chi connectivity index (χ0n) is 25.6. The van der Waals surface area contributed by atoms with Gasteiger partial charge in [0, 0.05) is 32.3 Å². The third kappa shape index (κ3) is 6.30. The fourth-order valence-electron chi connectivity index (χ4n) is 8.55. The lowest BCUT2D eigenvalue weighted by Gasteiger charge is -2.51. The van der Waals surface area contributed by atoms with Crippen molar-refractivity contribution >= 4 is 12.6 Å². The Morgan fingerprint density at radius 1 is 1.30 bits per heavy atom. The fourth-order valence-corrected chi connectivity index (χ4v) is 8.55. The van der Waals surface area contributed by atoms with Crippen LogP contribution in [-0.2, 0) is 16.0 Å². The minimum Gasteiger partial charge on any atom is -0.378 e. The smallest absolute Gasteiger partial charge is 0.220 e. The number of ether oxygens (including phenoxy) is 1. The molecule has 0 spiro atoms. The molecule has 6 unspecified atom stereocenters. The average Bonchev–Trinajstić information content (AvgIpc) is 3.24. The number of hydrogen-bond donors (Lipinski definition) is 1. The van der Waals surface area contributed by atoms with Gasteiger partial charge in [-0.15, -0.1) is 4.91 Å². The first-order valence-corrected chi connectivity index (χ1v) is 15.7. The second-order valence-electron chi connectivity index (χ2n) is 12.9. The van der Waals surface area contributed by atoms with E-state index in [1.54, 1.807) is 18.3 Å². The number of benzene rings is 1. The van der Waals surface area contributed by atoms with Crippen molar-refractivity contribution in [2.24, 2.45) is 39.3 Å². The van der Waals surface area contributed by atoms with Crippen molar-refractivity contribution in [1.29, 1.82) is 0 Å². The Morgan fingerprint density at radius 2 is 2.09 bits per heavy atom. The third-order valence-electron chi connectivity index (χ3n) is 10.7. The Balaban J connectivity index is 1.25. The predicted molar refractivity (Wildman–Crippen MR) is 169 cm³/mol. The summed E-state index contributed by atoms with van der Waals surface area (Å²) in [5.74, 6) is 1.19. The van der Waals surface area contributed by atoms with Crippen molar-refractivity contribution in [3.05, 3.63) is 88.0 Å². The molecule has 1 aliphatic heterocycles. The molecule has 1 heterocycles. The van der Waals surface area contributed by atoms with E-state index in [-0.39, 0.29) is 29.0 Å². The molecule has 230 valence electrons. The summed E-state index contributed by atoms with van der Waals surface area (Å²) in [7, 11) is 0. The molecular weight excluding hydrogens is 543 g/mol. The van der Waals surface area contributed by atoms with E-state index in [1.807, 2.05) is 18.2 Å². The molecule has 2 saturated carbocycles. The highest BCUT2D eigenvalue weighted by molar-refractivity contribution is 5.76. The molecule has 7 nitrogen and oxygen atoms in total. The van der Waals surface area contributed by atoms with Crippen LogP contribution in [0.5, 0.6) is 0 Å². The number of aryl methyl sites for hydroxylation is 1. The maximum absolute atomic E-state index is 14.0. The van der Waals surface area contributed by atoms with Gasteiger partial charge in [0.1, 0.15) is 5.82 Å². The monoisotopic (exact) mass is 588 g/mol. The summed E-state index contributed by atoms with van der Waals surface area (Å²) < 4.78 is 19.5. The number of hydrogen-bond acceptors (Lipinski definition) is 6. The second kappa shape index (κ2) is 13.5. The molecule has 5 rings (SSSR count). The lowest BCUT2D eigenvalue weighted by Crippen LogP contribution is -2.43. The molecule has 43 heavy (non-hydrogen) atoms. The average molecular weight is 589 g/mol. The molecule has 0 radical (unpaired) electrons. The summed E-state index contributed by atoms with van der Waals surface area (Å²) in [6, 6.07) is 5.29. The van der Waals surface area contributed by atoms with Crippen molar-refractivity contribution in [2.45, 2.75) is 58.3 Å². The van der Waals surface area contributed by atoms with Crippen molar-refractivity contribution < 1.29 is 13.9 Å². The van der Waals surface area contributed by atoms with Crippen molar-refractivity contribution in [1.82, 2.24) is 10.2 Å². The highest BCUT2D eigenvalue weighted by atomic mass is 19.1. The maximum Gasteiger partial charge on any atom is 0.220 e. The fraction of sp³-hybridized carbons (Fsp3) is 0.543. The Kier molecular flexibility index (Phi) is 9.75. The van der Waals surface area contributed by atoms with E-state index < -0.39 is 0 Å². The molecule has 1 N–H and O–H groups in total. The Bertz CT molecular complexity index is 1330. The summed E-state index contributed by atoms with van der Waals surface area (Å²) in [6.07, 6.45) is 12.1. The molecule has 6 atom stereocenters. The van der Waals surface area contributed by atoms with Gasteiger partial charge in [-0.2, -0.15) is 0 Å². The number of nitrogens with one attached hydrogen (secondary N) is 1. The molecular formula is C35H45FN4O3. The molecule has 1 amide bonds. The summed E-state index contributed by atoms with van der Waals surface area (Å²) in [4.78, 5) is 30.6. The van der Waals surface area contributed by atoms with E-state index in [2.05, 4.69) is 47.5 Å². The maximum atomic E-state index is 14.0. The number of halogens is 1. The van der Waals surface area contributed by atoms with Crippen LogP contribution < -0.4 is 5.32 Å². The Morgan fingerprint density at radius 3 is 2.84 bits per heavy atom. The van der Waals surface area contributed by atoms with Crippen LogP contribution in [0.25, 0.3) is 0 Å². The number of rotatable bonds is 10. The minimum atomic E-state index is -0.169. The number of morpholine rings is 1. The first-order valence-electron chi connectivity index (χ1n) is 15.7. The first-order chi connectivity index (χ1) is 20.8. The van der Waals surface area contributed by atoms with Crippen LogP contribution in [-0.4, -0.2) is 50.4 Å². The molecule has 0 aromatic heterocycles. The van der Waals surface area contributed by atoms with Crippen molar-refractivity contribution in [3.63, 3.8) is 0 Å². The van der Waals surface area contributed by atoms with Gasteiger partial charge in [-0.3, -0.25) is 9.79 Å². The number of nitroso groups, excluding NO2 is 1. The van der Waals surface area contributed by atoms with Gasteiger partial charge in [0.15, 0.2) is 0 Å². The normalized spacial score (nSPS) is 30.5. The van der Waals surface area contributed by atoms with Gasteiger partial charge >= 0.3 is 0 Å². The van der Waals surface area contributed by atoms with Crippen LogP contribution in [0, 0.1) is 39.8 Å². The topological polar surface area (TPSA) is 83.4 Å². The predicted octanol–water partition coefficient (Wildman–Crippen LogP) is 6.69. The van der Waals surface area contributed by atoms with Gasteiger partial charge in [0.05, 0.1) is 25.1 Å². The van der Waals surface area contributed by atoms with E-state index in [1.165, 1.54) is 11.8 Å². The van der Waals surface area contributed by atoms with Crippen molar-refractivity contribution in [3.8, 4) is 0 Å². The SMILES string of the molecule is C=N/C=C(\C=C/CNC(=O)CCC(C)C1/C(=C/N=O)C(=C)C2(C)CCC3c4ccc(F)cc4CCC3C12)N1CCOCC1. The lowest BCUT2D eigenvalue weighted by atomic mass is 9.53. The second-order valence-corrected chi connectivity index (χ2v) is 12.9. The Hall–Kier alpha value is -3.39. The van der Waals surface area contributed by atoms with Crippen LogP contribution >= 0.6 is 0 Å². The molecule has 4 aliphatic rings. The minimum absolute atomic E-state index is 0.00372. The number of allylic oxidation sites excluding steroid dienone is 3. The molecule has 3 fully saturated rings. The summed E-state index contributed by atoms with van der Waals surface area (Å²) in [5.41, 5.74) is 5.25. The standard InChI is InChI=1S/C35H45FN4O3/c1-23(7-12-32(41)38-15-5-6-27(21-37-4)40-16-18-43-19-17-40)33-31(22-39-42)24(2)35(3)14-13-29-28-11-9-26(36)20-25(28)8-10-30(29)34(33)35/h5-6,9,11,20-23,29-30,33-34H,2,4,7-8,10,12-19H2,1,3H3,(H,38,41)/b6-5-,27-21+,31-22+. The van der Waals surface area contributed by atoms with Crippen LogP contribution in [0.4, 0.5) is 4.39 Å². The van der Waals surface area contributed by atoms with Crippen LogP contribution in [0.2, 0.25) is 0 Å². The quantitative estimate of drug-likeness (QED) is 0.188. The first kappa shape index (κ1) is 31.0. The van der Waals surface area contributed by atoms with E-state index >= 15 is 0 Å². The molecule has 1 aromatic carbocycles. The summed E-state index contributed by atoms with van der Waals surface area (Å²) >= 11 is 0. The molecule has 1 saturated heterocycles. The van der Waals surface area contributed by atoms with E-state index in [0.29, 0.717) is 50.4 Å². The van der Waals surface area contributed by atoms with E-state index in [9.17, 15) is 14.1 Å². The van der Waals surface area contributed by atoms with Gasteiger partial charge in [0.25, 0.3) is 0 Å². The Labute approximate surface area is 255 Å². The summed E-state index contributed by atoms with van der Waals surface area (Å²) in [6.45, 7) is 16.0. The number of nitrogens with zero attached hydrogens (tertiary/aromatic N) is 3. The van der Waals surface area contributed by atoms with Crippen molar-refractivity contribution in [2.75, 3.05) is 32.8 Å². The lowest BCUT2D eigenvalue weighted by molar-refractivity contribution is -0.121. The number of carbonyl (C=O) groups excluding carboxylic acids is 1. The molecule has 8 heteroatoms. The molecule has 0 bridgehead atoms. The summed E-state index contributed by atoms with van der Waals surface area (Å²) in [5, 5.41) is 6.24. The van der Waals surface area contributed by atoms with E-state index in [4.69, 9.17) is 4.74 Å². The number of amides is 1. The largest absolute Gasteiger partial charge is 0.378 e. The van der Waals surface area contributed by atoms with Crippen LogP contribution in [0.15, 0.2) is 76.3 Å². The van der Waals surface area contributed by atoms with Crippen LogP contribution in [0.1, 0.15) is 63.0 Å². The number of carbonyl (C=O) groups is 1. The van der Waals surface area contributed by atoms with Gasteiger partial charge in [-0.25, -0.2) is 4.39 Å². The van der Waals surface area contributed by atoms with Gasteiger partial charge in [0.2, 0.25) is 5.91 Å². The molecule has 1 aromatic rings. The third-order valence-corrected chi connectivity index (χ3v) is 10.7. The van der Waals surface area contributed by atoms with Crippen LogP contribution in [0.3, 0.4) is 0 Å².